The zero-order chi connectivity index (χ0) is 11.0. The summed E-state index contributed by atoms with van der Waals surface area (Å²) in [6, 6.07) is 0. The highest BCUT2D eigenvalue weighted by Gasteiger charge is 2.22. The third kappa shape index (κ3) is 3.67. The second-order valence-electron chi connectivity index (χ2n) is 3.52. The molecule has 0 aromatic heterocycles. The predicted molar refractivity (Wildman–Crippen MR) is 73.6 cm³/mol. The lowest BCUT2D eigenvalue weighted by atomic mass is 10.5. The molecule has 0 radical (unpaired) electrons. The van der Waals surface area contributed by atoms with Crippen molar-refractivity contribution in [3.8, 4) is 0 Å². The molecule has 0 heterocycles. The molecule has 3 heteroatoms. The van der Waals surface area contributed by atoms with E-state index in [0.717, 1.165) is 6.54 Å². The molecule has 86 valence electrons. The summed E-state index contributed by atoms with van der Waals surface area (Å²) in [4.78, 5) is 0. The van der Waals surface area contributed by atoms with Gasteiger partial charge in [-0.3, -0.25) is 4.74 Å². The van der Waals surface area contributed by atoms with Crippen LogP contribution in [0, 0.1) is 0 Å². The smallest absolute Gasteiger partial charge is 0.0375 e. The van der Waals surface area contributed by atoms with Crippen molar-refractivity contribution in [3.05, 3.63) is 0 Å². The molecule has 0 saturated heterocycles. The number of hydrogen-bond acceptors (Lipinski definition) is 1. The van der Waals surface area contributed by atoms with Gasteiger partial charge in [0.1, 0.15) is 0 Å². The Morgan fingerprint density at radius 2 is 1.43 bits per heavy atom. The Hall–Kier alpha value is 0.660. The van der Waals surface area contributed by atoms with Crippen LogP contribution in [0.3, 0.4) is 0 Å². The number of nitrogens with zero attached hydrogens (tertiary/aromatic N) is 1. The highest BCUT2D eigenvalue weighted by Crippen LogP contribution is 2.76. The van der Waals surface area contributed by atoms with Crippen molar-refractivity contribution in [3.63, 3.8) is 0 Å². The molecular weight excluding hydrogens is 208 g/mol. The lowest BCUT2D eigenvalue weighted by Gasteiger charge is -2.30. The SMILES string of the molecule is CCCN=P(CC)(CC)P(CC)CC. The Labute approximate surface area is 91.8 Å². The number of hydrogen-bond donors (Lipinski definition) is 0. The molecule has 0 amide bonds. The molecule has 1 nitrogen and oxygen atoms in total. The van der Waals surface area contributed by atoms with Crippen LogP contribution >= 0.6 is 14.4 Å². The molecule has 0 fully saturated rings. The van der Waals surface area contributed by atoms with Crippen LogP contribution in [0.1, 0.15) is 41.0 Å². The normalized spacial score (nSPS) is 12.1. The van der Waals surface area contributed by atoms with Gasteiger partial charge in [0, 0.05) is 6.54 Å². The van der Waals surface area contributed by atoms with Gasteiger partial charge < -0.3 is 0 Å². The zero-order valence-electron chi connectivity index (χ0n) is 10.6. The van der Waals surface area contributed by atoms with E-state index < -0.39 is 6.74 Å². The fraction of sp³-hybridized carbons (Fsp3) is 1.00. The minimum absolute atomic E-state index is 0.229. The van der Waals surface area contributed by atoms with E-state index in [9.17, 15) is 0 Å². The quantitative estimate of drug-likeness (QED) is 0.546. The lowest BCUT2D eigenvalue weighted by molar-refractivity contribution is 0.940. The van der Waals surface area contributed by atoms with E-state index in [4.69, 9.17) is 4.74 Å². The van der Waals surface area contributed by atoms with Crippen LogP contribution < -0.4 is 0 Å². The monoisotopic (exact) mass is 235 g/mol. The van der Waals surface area contributed by atoms with Crippen LogP contribution in [0.15, 0.2) is 4.74 Å². The molecule has 0 bridgehead atoms. The van der Waals surface area contributed by atoms with Gasteiger partial charge in [-0.2, -0.15) is 0 Å². The van der Waals surface area contributed by atoms with Crippen LogP contribution in [-0.2, 0) is 0 Å². The van der Waals surface area contributed by atoms with Crippen molar-refractivity contribution < 1.29 is 0 Å². The predicted octanol–water partition coefficient (Wildman–Crippen LogP) is 5.07. The third-order valence-electron chi connectivity index (χ3n) is 2.86. The summed E-state index contributed by atoms with van der Waals surface area (Å²) in [5, 5.41) is 0. The van der Waals surface area contributed by atoms with E-state index in [-0.39, 0.29) is 7.61 Å². The van der Waals surface area contributed by atoms with Gasteiger partial charge in [-0.1, -0.05) is 42.2 Å². The topological polar surface area (TPSA) is 12.4 Å². The van der Waals surface area contributed by atoms with Gasteiger partial charge in [-0.15, -0.1) is 0 Å². The van der Waals surface area contributed by atoms with E-state index in [1.165, 1.54) is 31.1 Å². The fourth-order valence-corrected chi connectivity index (χ4v) is 12.2. The van der Waals surface area contributed by atoms with Gasteiger partial charge in [0.25, 0.3) is 0 Å². The van der Waals surface area contributed by atoms with Crippen molar-refractivity contribution in [2.45, 2.75) is 41.0 Å². The average molecular weight is 235 g/mol. The van der Waals surface area contributed by atoms with Gasteiger partial charge >= 0.3 is 0 Å². The van der Waals surface area contributed by atoms with Crippen molar-refractivity contribution in [1.29, 1.82) is 0 Å². The summed E-state index contributed by atoms with van der Waals surface area (Å²) >= 11 is 0. The van der Waals surface area contributed by atoms with E-state index in [1.54, 1.807) is 0 Å². The van der Waals surface area contributed by atoms with E-state index in [2.05, 4.69) is 34.6 Å². The molecule has 0 aromatic carbocycles. The van der Waals surface area contributed by atoms with Gasteiger partial charge in [0.05, 0.1) is 0 Å². The summed E-state index contributed by atoms with van der Waals surface area (Å²) in [7, 11) is 0.229. The maximum absolute atomic E-state index is 5.09. The Morgan fingerprint density at radius 3 is 1.71 bits per heavy atom. The summed E-state index contributed by atoms with van der Waals surface area (Å²) < 4.78 is 5.09. The first-order valence-electron chi connectivity index (χ1n) is 6.02. The summed E-state index contributed by atoms with van der Waals surface area (Å²) in [5.74, 6) is 0. The molecule has 0 saturated carbocycles. The molecule has 0 aromatic rings. The Morgan fingerprint density at radius 1 is 0.929 bits per heavy atom. The molecule has 0 spiro atoms. The molecule has 0 aliphatic carbocycles. The van der Waals surface area contributed by atoms with Crippen LogP contribution in [0.25, 0.3) is 0 Å². The van der Waals surface area contributed by atoms with Gasteiger partial charge in [-0.05, 0) is 37.8 Å². The molecule has 0 N–H and O–H groups in total. The largest absolute Gasteiger partial charge is 0.299 e. The van der Waals surface area contributed by atoms with Crippen molar-refractivity contribution in [2.24, 2.45) is 4.74 Å². The molecule has 0 aliphatic rings. The van der Waals surface area contributed by atoms with Gasteiger partial charge in [0.15, 0.2) is 0 Å². The summed E-state index contributed by atoms with van der Waals surface area (Å²) in [6.45, 7) is 11.9. The highest BCUT2D eigenvalue weighted by atomic mass is 32.1. The molecular formula is C11H27NP2. The maximum atomic E-state index is 5.09. The molecule has 14 heavy (non-hydrogen) atoms. The van der Waals surface area contributed by atoms with E-state index in [1.807, 2.05) is 0 Å². The first-order valence-corrected chi connectivity index (χ1v) is 10.5. The van der Waals surface area contributed by atoms with Gasteiger partial charge in [-0.25, -0.2) is 0 Å². The molecule has 0 unspecified atom stereocenters. The summed E-state index contributed by atoms with van der Waals surface area (Å²) in [6.07, 6.45) is 6.68. The van der Waals surface area contributed by atoms with Crippen molar-refractivity contribution >= 4 is 14.4 Å². The van der Waals surface area contributed by atoms with Crippen LogP contribution in [0.2, 0.25) is 0 Å². The first kappa shape index (κ1) is 14.7. The minimum Gasteiger partial charge on any atom is -0.299 e. The Bertz CT molecular complexity index is 178. The second-order valence-corrected chi connectivity index (χ2v) is 13.0. The second kappa shape index (κ2) is 7.89. The number of rotatable bonds is 7. The van der Waals surface area contributed by atoms with E-state index in [0.29, 0.717) is 0 Å². The van der Waals surface area contributed by atoms with Crippen molar-refractivity contribution in [1.82, 2.24) is 0 Å². The van der Waals surface area contributed by atoms with Crippen LogP contribution in [-0.4, -0.2) is 31.2 Å². The van der Waals surface area contributed by atoms with Crippen LogP contribution in [0.5, 0.6) is 0 Å². The van der Waals surface area contributed by atoms with Crippen LogP contribution in [0.4, 0.5) is 0 Å². The molecule has 0 rings (SSSR count). The summed E-state index contributed by atoms with van der Waals surface area (Å²) in [5.41, 5.74) is 0. The molecule has 0 aliphatic heterocycles. The average Bonchev–Trinajstić information content (AvgIpc) is 2.24. The minimum atomic E-state index is -0.895. The zero-order valence-corrected chi connectivity index (χ0v) is 12.4. The lowest BCUT2D eigenvalue weighted by Crippen LogP contribution is -1.94. The Kier molecular flexibility index (Phi) is 8.26. The fourth-order valence-electron chi connectivity index (χ4n) is 1.95. The molecule has 0 atom stereocenters. The van der Waals surface area contributed by atoms with E-state index >= 15 is 0 Å². The van der Waals surface area contributed by atoms with Gasteiger partial charge in [0.2, 0.25) is 0 Å². The highest BCUT2D eigenvalue weighted by molar-refractivity contribution is 8.34. The van der Waals surface area contributed by atoms with Crippen molar-refractivity contribution in [2.75, 3.05) is 31.2 Å². The standard InChI is InChI=1S/C11H27NP2/c1-6-11-12-14(9-4,10-5)13(7-2)8-3/h6-11H2,1-5H3. The third-order valence-corrected chi connectivity index (χ3v) is 15.1. The maximum Gasteiger partial charge on any atom is 0.0375 e. The first-order chi connectivity index (χ1) is 6.70. The Balaban J connectivity index is 4.83.